The highest BCUT2D eigenvalue weighted by atomic mass is 15.1. The molecule has 0 unspecified atom stereocenters. The van der Waals surface area contributed by atoms with Gasteiger partial charge in [0.05, 0.1) is 27.6 Å². The summed E-state index contributed by atoms with van der Waals surface area (Å²) in [4.78, 5) is 10.2. The Morgan fingerprint density at radius 3 is 2.14 bits per heavy atom. The maximum Gasteiger partial charge on any atom is 0.146 e. The number of rotatable bonds is 2. The minimum absolute atomic E-state index is 0.0170. The van der Waals surface area contributed by atoms with Gasteiger partial charge in [-0.25, -0.2) is 9.97 Å². The van der Waals surface area contributed by atoms with Gasteiger partial charge in [-0.05, 0) is 81.2 Å². The first-order valence-corrected chi connectivity index (χ1v) is 16.9. The topological polar surface area (TPSA) is 35.1 Å². The van der Waals surface area contributed by atoms with E-state index in [0.717, 1.165) is 44.5 Å². The fourth-order valence-electron chi connectivity index (χ4n) is 8.70. The summed E-state index contributed by atoms with van der Waals surface area (Å²) in [6.07, 6.45) is 1.95. The van der Waals surface area contributed by atoms with E-state index < -0.39 is 0 Å². The molecule has 0 spiro atoms. The molecule has 1 aliphatic rings. The van der Waals surface area contributed by atoms with Crippen molar-refractivity contribution in [3.8, 4) is 28.1 Å². The average Bonchev–Trinajstić information content (AvgIpc) is 3.78. The van der Waals surface area contributed by atoms with Crippen LogP contribution in [0.4, 0.5) is 0 Å². The maximum atomic E-state index is 5.18. The lowest BCUT2D eigenvalue weighted by Gasteiger charge is -2.21. The van der Waals surface area contributed by atoms with Gasteiger partial charge in [0.2, 0.25) is 0 Å². The van der Waals surface area contributed by atoms with Crippen LogP contribution in [0.15, 0.2) is 146 Å². The van der Waals surface area contributed by atoms with Crippen LogP contribution in [-0.2, 0) is 5.41 Å². The highest BCUT2D eigenvalue weighted by molar-refractivity contribution is 6.26. The highest BCUT2D eigenvalue weighted by Crippen LogP contribution is 2.49. The SMILES string of the molecule is CC1(C)c2ccccc2-c2cc(-c3ccnc(-n4c5ccccc5c5c4ccc4c6ccccc6c6nc7ccccc7n6c45)c3)ccc21. The van der Waals surface area contributed by atoms with Gasteiger partial charge in [-0.2, -0.15) is 0 Å². The molecule has 49 heavy (non-hydrogen) atoms. The number of benzene rings is 6. The maximum absolute atomic E-state index is 5.18. The minimum Gasteiger partial charge on any atom is -0.294 e. The zero-order valence-electron chi connectivity index (χ0n) is 27.1. The predicted molar refractivity (Wildman–Crippen MR) is 203 cm³/mol. The van der Waals surface area contributed by atoms with E-state index in [-0.39, 0.29) is 5.41 Å². The van der Waals surface area contributed by atoms with Crippen LogP contribution in [0.1, 0.15) is 25.0 Å². The molecule has 4 heteroatoms. The summed E-state index contributed by atoms with van der Waals surface area (Å²) >= 11 is 0. The van der Waals surface area contributed by atoms with E-state index in [0.29, 0.717) is 0 Å². The molecule has 0 fully saturated rings. The lowest BCUT2D eigenvalue weighted by Crippen LogP contribution is -2.14. The van der Waals surface area contributed by atoms with Crippen LogP contribution in [0.2, 0.25) is 0 Å². The summed E-state index contributed by atoms with van der Waals surface area (Å²) in [7, 11) is 0. The molecule has 6 aromatic carbocycles. The van der Waals surface area contributed by atoms with Crippen LogP contribution in [0.3, 0.4) is 0 Å². The highest BCUT2D eigenvalue weighted by Gasteiger charge is 2.35. The third-order valence-electron chi connectivity index (χ3n) is 10.9. The van der Waals surface area contributed by atoms with Gasteiger partial charge in [-0.1, -0.05) is 111 Å². The Bertz CT molecular complexity index is 3030. The van der Waals surface area contributed by atoms with Gasteiger partial charge in [0.1, 0.15) is 11.5 Å². The van der Waals surface area contributed by atoms with Gasteiger partial charge in [-0.3, -0.25) is 8.97 Å². The molecule has 0 saturated heterocycles. The van der Waals surface area contributed by atoms with Crippen molar-refractivity contribution >= 4 is 60.2 Å². The molecule has 0 saturated carbocycles. The average molecular weight is 627 g/mol. The number of fused-ring (bicyclic) bond motifs is 15. The molecule has 10 aromatic rings. The molecule has 4 heterocycles. The van der Waals surface area contributed by atoms with Crippen molar-refractivity contribution in [2.45, 2.75) is 19.3 Å². The second-order valence-corrected chi connectivity index (χ2v) is 13.8. The first kappa shape index (κ1) is 26.8. The Hall–Kier alpha value is -6.26. The number of hydrogen-bond donors (Lipinski definition) is 0. The molecule has 1 aliphatic carbocycles. The Labute approximate surface area is 282 Å². The molecule has 0 N–H and O–H groups in total. The van der Waals surface area contributed by atoms with Crippen molar-refractivity contribution in [2.24, 2.45) is 0 Å². The Balaban J connectivity index is 1.20. The molecule has 0 amide bonds. The molecular weight excluding hydrogens is 597 g/mol. The Kier molecular flexibility index (Phi) is 5.15. The van der Waals surface area contributed by atoms with Gasteiger partial charge >= 0.3 is 0 Å². The molecule has 4 aromatic heterocycles. The largest absolute Gasteiger partial charge is 0.294 e. The first-order chi connectivity index (χ1) is 24.1. The molecular formula is C45H30N4. The molecule has 0 radical (unpaired) electrons. The predicted octanol–water partition coefficient (Wildman–Crippen LogP) is 11.3. The van der Waals surface area contributed by atoms with Crippen LogP contribution in [0.5, 0.6) is 0 Å². The van der Waals surface area contributed by atoms with Crippen LogP contribution < -0.4 is 0 Å². The van der Waals surface area contributed by atoms with E-state index in [4.69, 9.17) is 9.97 Å². The summed E-state index contributed by atoms with van der Waals surface area (Å²) in [5.74, 6) is 0.900. The number of para-hydroxylation sites is 3. The van der Waals surface area contributed by atoms with Gasteiger partial charge in [0, 0.05) is 33.2 Å². The standard InChI is InChI=1S/C45H30N4/c1-45(2)35-15-7-5-12-30(35)34-25-27(19-21-36(34)45)28-23-24-46-41(26-28)48-38-17-9-6-14-33(38)42-40(48)22-20-31-29-11-3-4-13-32(29)44-47-37-16-8-10-18-39(37)49(44)43(31)42/h3-26H,1-2H3. The van der Waals surface area contributed by atoms with Gasteiger partial charge in [-0.15, -0.1) is 0 Å². The van der Waals surface area contributed by atoms with Crippen LogP contribution in [-0.4, -0.2) is 18.9 Å². The van der Waals surface area contributed by atoms with Crippen molar-refractivity contribution in [2.75, 3.05) is 0 Å². The van der Waals surface area contributed by atoms with Crippen molar-refractivity contribution in [1.29, 1.82) is 0 Å². The Morgan fingerprint density at radius 1 is 0.531 bits per heavy atom. The van der Waals surface area contributed by atoms with Gasteiger partial charge < -0.3 is 0 Å². The lowest BCUT2D eigenvalue weighted by atomic mass is 9.82. The summed E-state index contributed by atoms with van der Waals surface area (Å²) in [6, 6.07) is 50.6. The molecule has 0 bridgehead atoms. The van der Waals surface area contributed by atoms with Crippen LogP contribution in [0, 0.1) is 0 Å². The second-order valence-electron chi connectivity index (χ2n) is 13.8. The van der Waals surface area contributed by atoms with E-state index in [1.54, 1.807) is 0 Å². The summed E-state index contributed by atoms with van der Waals surface area (Å²) < 4.78 is 4.71. The number of nitrogens with zero attached hydrogens (tertiary/aromatic N) is 4. The van der Waals surface area contributed by atoms with Crippen molar-refractivity contribution < 1.29 is 0 Å². The van der Waals surface area contributed by atoms with Crippen LogP contribution in [0.25, 0.3) is 88.2 Å². The van der Waals surface area contributed by atoms with E-state index in [1.807, 2.05) is 6.20 Å². The zero-order valence-corrected chi connectivity index (χ0v) is 27.1. The quantitative estimate of drug-likeness (QED) is 0.179. The lowest BCUT2D eigenvalue weighted by molar-refractivity contribution is 0.660. The second kappa shape index (κ2) is 9.42. The van der Waals surface area contributed by atoms with Crippen molar-refractivity contribution in [1.82, 2.24) is 18.9 Å². The number of pyridine rings is 2. The molecule has 0 atom stereocenters. The summed E-state index contributed by atoms with van der Waals surface area (Å²) in [6.45, 7) is 4.66. The van der Waals surface area contributed by atoms with Crippen molar-refractivity contribution in [3.63, 3.8) is 0 Å². The monoisotopic (exact) mass is 626 g/mol. The van der Waals surface area contributed by atoms with Crippen molar-refractivity contribution in [3.05, 3.63) is 157 Å². The summed E-state index contributed by atoms with van der Waals surface area (Å²) in [5, 5.41) is 5.98. The van der Waals surface area contributed by atoms with E-state index in [9.17, 15) is 0 Å². The number of imidazole rings is 1. The smallest absolute Gasteiger partial charge is 0.146 e. The fourth-order valence-corrected chi connectivity index (χ4v) is 8.70. The van der Waals surface area contributed by atoms with Gasteiger partial charge in [0.25, 0.3) is 0 Å². The normalized spacial score (nSPS) is 13.7. The first-order valence-electron chi connectivity index (χ1n) is 16.9. The number of aromatic nitrogens is 4. The number of hydrogen-bond acceptors (Lipinski definition) is 2. The minimum atomic E-state index is -0.0170. The van der Waals surface area contributed by atoms with E-state index in [2.05, 4.69) is 162 Å². The molecule has 11 rings (SSSR count). The van der Waals surface area contributed by atoms with Gasteiger partial charge in [0.15, 0.2) is 0 Å². The zero-order chi connectivity index (χ0) is 32.4. The summed E-state index contributed by atoms with van der Waals surface area (Å²) in [5.41, 5.74) is 14.3. The van der Waals surface area contributed by atoms with E-state index in [1.165, 1.54) is 54.9 Å². The molecule has 4 nitrogen and oxygen atoms in total. The Morgan fingerprint density at radius 2 is 1.24 bits per heavy atom. The van der Waals surface area contributed by atoms with E-state index >= 15 is 0 Å². The molecule has 230 valence electrons. The van der Waals surface area contributed by atoms with Crippen LogP contribution >= 0.6 is 0 Å². The third kappa shape index (κ3) is 3.47. The third-order valence-corrected chi connectivity index (χ3v) is 10.9. The molecule has 0 aliphatic heterocycles. The fraction of sp³-hybridized carbons (Fsp3) is 0.0667.